The van der Waals surface area contributed by atoms with E-state index in [-0.39, 0.29) is 24.6 Å². The van der Waals surface area contributed by atoms with Gasteiger partial charge in [-0.3, -0.25) is 9.59 Å². The molecule has 0 N–H and O–H groups in total. The molecule has 1 aromatic rings. The second-order valence-corrected chi connectivity index (χ2v) is 5.33. The van der Waals surface area contributed by atoms with E-state index in [4.69, 9.17) is 9.47 Å². The zero-order chi connectivity index (χ0) is 16.4. The first-order chi connectivity index (χ1) is 10.5. The Bertz CT molecular complexity index is 487. The Balaban J connectivity index is 2.19. The Morgan fingerprint density at radius 1 is 1.18 bits per heavy atom. The maximum atomic E-state index is 13.3. The number of halogens is 1. The second kappa shape index (κ2) is 9.92. The Kier molecular flexibility index (Phi) is 8.18. The molecular formula is C17H23FO4. The van der Waals surface area contributed by atoms with Crippen LogP contribution in [-0.4, -0.2) is 18.5 Å². The maximum Gasteiger partial charge on any atom is 0.311 e. The summed E-state index contributed by atoms with van der Waals surface area (Å²) in [5.41, 5.74) is 0. The van der Waals surface area contributed by atoms with E-state index in [0.717, 1.165) is 12.8 Å². The molecule has 0 aliphatic heterocycles. The van der Waals surface area contributed by atoms with Gasteiger partial charge in [-0.2, -0.15) is 0 Å². The van der Waals surface area contributed by atoms with Gasteiger partial charge in [-0.05, 0) is 30.9 Å². The van der Waals surface area contributed by atoms with Crippen molar-refractivity contribution >= 4 is 11.9 Å². The third kappa shape index (κ3) is 7.20. The van der Waals surface area contributed by atoms with Gasteiger partial charge in [0.1, 0.15) is 0 Å². The molecule has 0 aromatic heterocycles. The molecule has 4 nitrogen and oxygen atoms in total. The predicted octanol–water partition coefficient (Wildman–Crippen LogP) is 3.88. The maximum absolute atomic E-state index is 13.3. The van der Waals surface area contributed by atoms with Crippen molar-refractivity contribution < 1.29 is 23.5 Å². The largest absolute Gasteiger partial charge is 0.465 e. The molecule has 0 spiro atoms. The highest BCUT2D eigenvalue weighted by Gasteiger charge is 2.11. The number of hydrogen-bond acceptors (Lipinski definition) is 4. The smallest absolute Gasteiger partial charge is 0.311 e. The minimum Gasteiger partial charge on any atom is -0.465 e. The van der Waals surface area contributed by atoms with Crippen LogP contribution in [0.4, 0.5) is 4.39 Å². The van der Waals surface area contributed by atoms with Gasteiger partial charge in [0, 0.05) is 12.8 Å². The molecule has 0 fully saturated rings. The van der Waals surface area contributed by atoms with Crippen LogP contribution in [0.5, 0.6) is 5.75 Å². The fraction of sp³-hybridized carbons (Fsp3) is 0.529. The Hall–Kier alpha value is -1.91. The van der Waals surface area contributed by atoms with Gasteiger partial charge in [0.2, 0.25) is 0 Å². The standard InChI is InChI=1S/C17H23FO4/c1-3-7-13(2)12-21-16(19)10-6-11-17(20)22-15-9-5-4-8-14(15)18/h4-5,8-9,13H,3,6-7,10-12H2,1-2H3. The van der Waals surface area contributed by atoms with Crippen LogP contribution in [0.2, 0.25) is 0 Å². The minimum atomic E-state index is -0.583. The molecule has 0 aliphatic carbocycles. The molecular weight excluding hydrogens is 287 g/mol. The molecule has 0 heterocycles. The van der Waals surface area contributed by atoms with Crippen LogP contribution in [0.25, 0.3) is 0 Å². The Morgan fingerprint density at radius 3 is 2.55 bits per heavy atom. The number of esters is 2. The van der Waals surface area contributed by atoms with Crippen molar-refractivity contribution in [3.05, 3.63) is 30.1 Å². The average molecular weight is 310 g/mol. The third-order valence-corrected chi connectivity index (χ3v) is 3.13. The lowest BCUT2D eigenvalue weighted by molar-refractivity contribution is -0.145. The van der Waals surface area contributed by atoms with E-state index in [0.29, 0.717) is 18.9 Å². The molecule has 0 radical (unpaired) electrons. The van der Waals surface area contributed by atoms with E-state index in [1.807, 2.05) is 6.92 Å². The van der Waals surface area contributed by atoms with E-state index < -0.39 is 11.8 Å². The summed E-state index contributed by atoms with van der Waals surface area (Å²) in [6.07, 6.45) is 2.61. The van der Waals surface area contributed by atoms with Gasteiger partial charge in [0.25, 0.3) is 0 Å². The first-order valence-electron chi connectivity index (χ1n) is 7.63. The van der Waals surface area contributed by atoms with Crippen LogP contribution in [0.15, 0.2) is 24.3 Å². The summed E-state index contributed by atoms with van der Waals surface area (Å²) < 4.78 is 23.3. The summed E-state index contributed by atoms with van der Waals surface area (Å²) in [5.74, 6) is -1.21. The number of hydrogen-bond donors (Lipinski definition) is 0. The van der Waals surface area contributed by atoms with Crippen molar-refractivity contribution in [2.45, 2.75) is 46.0 Å². The summed E-state index contributed by atoms with van der Waals surface area (Å²) in [4.78, 5) is 23.1. The zero-order valence-corrected chi connectivity index (χ0v) is 13.1. The molecule has 22 heavy (non-hydrogen) atoms. The lowest BCUT2D eigenvalue weighted by Gasteiger charge is -2.10. The summed E-state index contributed by atoms with van der Waals surface area (Å²) in [6.45, 7) is 4.52. The van der Waals surface area contributed by atoms with Gasteiger partial charge < -0.3 is 9.47 Å². The van der Waals surface area contributed by atoms with Gasteiger partial charge in [0.15, 0.2) is 11.6 Å². The highest BCUT2D eigenvalue weighted by molar-refractivity contribution is 5.74. The molecule has 0 saturated carbocycles. The van der Waals surface area contributed by atoms with Crippen LogP contribution < -0.4 is 4.74 Å². The number of benzene rings is 1. The molecule has 0 amide bonds. The first kappa shape index (κ1) is 18.1. The van der Waals surface area contributed by atoms with E-state index in [1.54, 1.807) is 6.07 Å². The summed E-state index contributed by atoms with van der Waals surface area (Å²) in [7, 11) is 0. The van der Waals surface area contributed by atoms with Gasteiger partial charge in [0.05, 0.1) is 6.61 Å². The molecule has 0 saturated heterocycles. The third-order valence-electron chi connectivity index (χ3n) is 3.13. The number of carbonyl (C=O) groups excluding carboxylic acids is 2. The van der Waals surface area contributed by atoms with E-state index >= 15 is 0 Å². The molecule has 1 unspecified atom stereocenters. The predicted molar refractivity (Wildman–Crippen MR) is 80.9 cm³/mol. The van der Waals surface area contributed by atoms with Crippen molar-refractivity contribution in [2.75, 3.05) is 6.61 Å². The molecule has 0 bridgehead atoms. The Labute approximate surface area is 130 Å². The second-order valence-electron chi connectivity index (χ2n) is 5.33. The molecule has 122 valence electrons. The molecule has 0 aliphatic rings. The van der Waals surface area contributed by atoms with Crippen molar-refractivity contribution in [3.63, 3.8) is 0 Å². The highest BCUT2D eigenvalue weighted by Crippen LogP contribution is 2.16. The van der Waals surface area contributed by atoms with Crippen molar-refractivity contribution in [2.24, 2.45) is 5.92 Å². The minimum absolute atomic E-state index is 0.0496. The number of ether oxygens (including phenoxy) is 2. The summed E-state index contributed by atoms with van der Waals surface area (Å²) in [6, 6.07) is 5.71. The van der Waals surface area contributed by atoms with Gasteiger partial charge in [-0.15, -0.1) is 0 Å². The van der Waals surface area contributed by atoms with Crippen LogP contribution >= 0.6 is 0 Å². The highest BCUT2D eigenvalue weighted by atomic mass is 19.1. The van der Waals surface area contributed by atoms with Crippen molar-refractivity contribution in [1.29, 1.82) is 0 Å². The van der Waals surface area contributed by atoms with Crippen LogP contribution in [0.1, 0.15) is 46.0 Å². The van der Waals surface area contributed by atoms with Crippen LogP contribution in [0, 0.1) is 11.7 Å². The number of rotatable bonds is 9. The van der Waals surface area contributed by atoms with Crippen LogP contribution in [0.3, 0.4) is 0 Å². The molecule has 1 rings (SSSR count). The number of para-hydroxylation sites is 1. The quantitative estimate of drug-likeness (QED) is 0.513. The normalized spacial score (nSPS) is 11.8. The summed E-state index contributed by atoms with van der Waals surface area (Å²) >= 11 is 0. The average Bonchev–Trinajstić information content (AvgIpc) is 2.48. The van der Waals surface area contributed by atoms with Crippen molar-refractivity contribution in [3.8, 4) is 5.75 Å². The molecule has 1 aromatic carbocycles. The molecule has 1 atom stereocenters. The lowest BCUT2D eigenvalue weighted by atomic mass is 10.1. The van der Waals surface area contributed by atoms with E-state index in [9.17, 15) is 14.0 Å². The fourth-order valence-corrected chi connectivity index (χ4v) is 1.96. The lowest BCUT2D eigenvalue weighted by Crippen LogP contribution is -2.13. The number of carbonyl (C=O) groups is 2. The molecule has 5 heteroatoms. The van der Waals surface area contributed by atoms with Crippen molar-refractivity contribution in [1.82, 2.24) is 0 Å². The van der Waals surface area contributed by atoms with Gasteiger partial charge in [-0.1, -0.05) is 32.4 Å². The zero-order valence-electron chi connectivity index (χ0n) is 13.1. The fourth-order valence-electron chi connectivity index (χ4n) is 1.96. The summed E-state index contributed by atoms with van der Waals surface area (Å²) in [5, 5.41) is 0. The van der Waals surface area contributed by atoms with Crippen LogP contribution in [-0.2, 0) is 14.3 Å². The monoisotopic (exact) mass is 310 g/mol. The van der Waals surface area contributed by atoms with Gasteiger partial charge in [-0.25, -0.2) is 4.39 Å². The van der Waals surface area contributed by atoms with E-state index in [2.05, 4.69) is 6.92 Å². The first-order valence-corrected chi connectivity index (χ1v) is 7.63. The Morgan fingerprint density at radius 2 is 1.86 bits per heavy atom. The topological polar surface area (TPSA) is 52.6 Å². The van der Waals surface area contributed by atoms with Gasteiger partial charge >= 0.3 is 11.9 Å². The SMILES string of the molecule is CCCC(C)COC(=O)CCCC(=O)Oc1ccccc1F. The van der Waals surface area contributed by atoms with E-state index in [1.165, 1.54) is 18.2 Å².